The Morgan fingerprint density at radius 2 is 2.05 bits per heavy atom. The molecule has 8 heteroatoms. The molecule has 0 spiro atoms. The van der Waals surface area contributed by atoms with E-state index < -0.39 is 12.0 Å². The molecule has 0 aliphatic heterocycles. The summed E-state index contributed by atoms with van der Waals surface area (Å²) in [5.41, 5.74) is -0.183. The number of carbonyl (C=O) groups excluding carboxylic acids is 2. The second-order valence-electron chi connectivity index (χ2n) is 4.71. The number of carbonyl (C=O) groups is 3. The number of nitrogens with one attached hydrogen (secondary N) is 2. The van der Waals surface area contributed by atoms with Crippen LogP contribution in [0.4, 0.5) is 10.5 Å². The number of nitrogens with zero attached hydrogens (tertiary/aromatic N) is 2. The van der Waals surface area contributed by atoms with Crippen molar-refractivity contribution in [1.29, 1.82) is 0 Å². The van der Waals surface area contributed by atoms with Gasteiger partial charge >= 0.3 is 12.0 Å². The lowest BCUT2D eigenvalue weighted by Crippen LogP contribution is -2.42. The Hall–Kier alpha value is -2.64. The maximum Gasteiger partial charge on any atom is 0.356 e. The molecule has 3 N–H and O–H groups in total. The Morgan fingerprint density at radius 3 is 2.62 bits per heavy atom. The average Bonchev–Trinajstić information content (AvgIpc) is 2.37. The van der Waals surface area contributed by atoms with Crippen molar-refractivity contribution in [3.8, 4) is 0 Å². The molecule has 114 valence electrons. The quantitative estimate of drug-likeness (QED) is 0.742. The maximum atomic E-state index is 11.9. The fourth-order valence-electron chi connectivity index (χ4n) is 1.54. The van der Waals surface area contributed by atoms with Crippen LogP contribution < -0.4 is 10.6 Å². The molecule has 0 bridgehead atoms. The van der Waals surface area contributed by atoms with Gasteiger partial charge in [-0.05, 0) is 26.0 Å². The normalized spacial score (nSPS) is 10.1. The molecule has 0 aliphatic carbocycles. The molecule has 3 amide bonds. The predicted molar refractivity (Wildman–Crippen MR) is 76.1 cm³/mol. The first-order valence-corrected chi connectivity index (χ1v) is 6.31. The molecule has 1 heterocycles. The van der Waals surface area contributed by atoms with E-state index in [1.165, 1.54) is 25.4 Å². The van der Waals surface area contributed by atoms with Crippen LogP contribution in [-0.4, -0.2) is 52.5 Å². The van der Waals surface area contributed by atoms with Crippen LogP contribution in [0.5, 0.6) is 0 Å². The fourth-order valence-corrected chi connectivity index (χ4v) is 1.54. The molecule has 0 atom stereocenters. The molecule has 1 aromatic heterocycles. The van der Waals surface area contributed by atoms with E-state index in [9.17, 15) is 14.4 Å². The molecule has 8 nitrogen and oxygen atoms in total. The van der Waals surface area contributed by atoms with E-state index in [4.69, 9.17) is 5.11 Å². The van der Waals surface area contributed by atoms with Crippen molar-refractivity contribution in [3.63, 3.8) is 0 Å². The minimum atomic E-state index is -1.24. The molecule has 0 aliphatic rings. The molecule has 0 unspecified atom stereocenters. The topological polar surface area (TPSA) is 112 Å². The van der Waals surface area contributed by atoms with Crippen LogP contribution in [0.1, 0.15) is 24.3 Å². The van der Waals surface area contributed by atoms with Gasteiger partial charge < -0.3 is 20.6 Å². The van der Waals surface area contributed by atoms with E-state index in [0.29, 0.717) is 0 Å². The van der Waals surface area contributed by atoms with Gasteiger partial charge in [-0.1, -0.05) is 0 Å². The summed E-state index contributed by atoms with van der Waals surface area (Å²) in [6, 6.07) is 2.32. The molecule has 1 aromatic rings. The molecule has 1 rings (SSSR count). The van der Waals surface area contributed by atoms with Crippen LogP contribution in [0, 0.1) is 0 Å². The second-order valence-corrected chi connectivity index (χ2v) is 4.71. The van der Waals surface area contributed by atoms with Crippen LogP contribution in [0.15, 0.2) is 18.3 Å². The average molecular weight is 294 g/mol. The Balaban J connectivity index is 2.69. The lowest BCUT2D eigenvalue weighted by molar-refractivity contribution is -0.121. The zero-order valence-corrected chi connectivity index (χ0v) is 12.1. The maximum absolute atomic E-state index is 11.9. The van der Waals surface area contributed by atoms with E-state index in [0.717, 1.165) is 4.90 Å². The van der Waals surface area contributed by atoms with Crippen molar-refractivity contribution in [1.82, 2.24) is 15.2 Å². The summed E-state index contributed by atoms with van der Waals surface area (Å²) in [7, 11) is 1.44. The third-order valence-electron chi connectivity index (χ3n) is 2.43. The van der Waals surface area contributed by atoms with E-state index in [2.05, 4.69) is 15.6 Å². The minimum Gasteiger partial charge on any atom is -0.476 e. The van der Waals surface area contributed by atoms with Crippen molar-refractivity contribution in [2.75, 3.05) is 18.9 Å². The summed E-state index contributed by atoms with van der Waals surface area (Å²) in [5, 5.41) is 14.0. The number of hydrogen-bond acceptors (Lipinski definition) is 4. The molecule has 0 saturated carbocycles. The molecule has 0 radical (unpaired) electrons. The molecular formula is C13H18N4O4. The Morgan fingerprint density at radius 1 is 1.38 bits per heavy atom. The van der Waals surface area contributed by atoms with Crippen molar-refractivity contribution in [3.05, 3.63) is 24.0 Å². The van der Waals surface area contributed by atoms with Gasteiger partial charge in [-0.15, -0.1) is 0 Å². The predicted octanol–water partition coefficient (Wildman–Crippen LogP) is 0.768. The molecular weight excluding hydrogens is 276 g/mol. The summed E-state index contributed by atoms with van der Waals surface area (Å²) < 4.78 is 0. The van der Waals surface area contributed by atoms with E-state index in [1.54, 1.807) is 0 Å². The smallest absolute Gasteiger partial charge is 0.356 e. The second kappa shape index (κ2) is 7.22. The van der Waals surface area contributed by atoms with Gasteiger partial charge in [0, 0.05) is 19.3 Å². The van der Waals surface area contributed by atoms with Gasteiger partial charge in [-0.3, -0.25) is 4.79 Å². The van der Waals surface area contributed by atoms with E-state index in [1.807, 2.05) is 13.8 Å². The number of carboxylic acid groups (broad SMARTS) is 1. The van der Waals surface area contributed by atoms with Crippen molar-refractivity contribution in [2.45, 2.75) is 19.9 Å². The van der Waals surface area contributed by atoms with Crippen molar-refractivity contribution < 1.29 is 19.5 Å². The highest BCUT2D eigenvalue weighted by Crippen LogP contribution is 2.12. The minimum absolute atomic E-state index is 0.0223. The summed E-state index contributed by atoms with van der Waals surface area (Å²) >= 11 is 0. The van der Waals surface area contributed by atoms with Gasteiger partial charge in [0.1, 0.15) is 6.54 Å². The number of likely N-dealkylation sites (N-methyl/N-ethyl adjacent to an activating group) is 1. The largest absolute Gasteiger partial charge is 0.476 e. The highest BCUT2D eigenvalue weighted by molar-refractivity contribution is 5.99. The molecule has 0 fully saturated rings. The summed E-state index contributed by atoms with van der Waals surface area (Å²) in [6.07, 6.45) is 1.32. The van der Waals surface area contributed by atoms with Gasteiger partial charge in [-0.2, -0.15) is 0 Å². The number of amides is 3. The fraction of sp³-hybridized carbons (Fsp3) is 0.385. The lowest BCUT2D eigenvalue weighted by Gasteiger charge is -2.18. The molecule has 0 saturated heterocycles. The van der Waals surface area contributed by atoms with Gasteiger partial charge in [0.15, 0.2) is 5.69 Å². The van der Waals surface area contributed by atoms with Crippen molar-refractivity contribution >= 4 is 23.6 Å². The Bertz CT molecular complexity index is 545. The summed E-state index contributed by atoms with van der Waals surface area (Å²) in [6.45, 7) is 3.49. The van der Waals surface area contributed by atoms with Crippen LogP contribution in [0.25, 0.3) is 0 Å². The zero-order chi connectivity index (χ0) is 16.0. The van der Waals surface area contributed by atoms with E-state index >= 15 is 0 Å². The number of rotatable bonds is 5. The first-order valence-electron chi connectivity index (χ1n) is 6.31. The summed E-state index contributed by atoms with van der Waals surface area (Å²) in [4.78, 5) is 39.3. The van der Waals surface area contributed by atoms with Crippen LogP contribution in [0.3, 0.4) is 0 Å². The lowest BCUT2D eigenvalue weighted by atomic mass is 10.3. The van der Waals surface area contributed by atoms with Crippen molar-refractivity contribution in [2.24, 2.45) is 0 Å². The number of aromatic carboxylic acids is 1. The summed E-state index contributed by atoms with van der Waals surface area (Å²) in [5.74, 6) is -1.54. The van der Waals surface area contributed by atoms with Gasteiger partial charge in [-0.25, -0.2) is 14.6 Å². The highest BCUT2D eigenvalue weighted by atomic mass is 16.4. The Kier molecular flexibility index (Phi) is 5.65. The number of carboxylic acids is 1. The SMILES string of the molecule is CC(C)NC(=O)CN(C)C(=O)Nc1cccnc1C(=O)O. The standard InChI is InChI=1S/C13H18N4O4/c1-8(2)15-10(18)7-17(3)13(21)16-9-5-4-6-14-11(9)12(19)20/h4-6,8H,7H2,1-3H3,(H,15,18)(H,16,21)(H,19,20). The third kappa shape index (κ3) is 5.09. The van der Waals surface area contributed by atoms with Gasteiger partial charge in [0.25, 0.3) is 0 Å². The van der Waals surface area contributed by atoms with Crippen LogP contribution in [0.2, 0.25) is 0 Å². The van der Waals surface area contributed by atoms with Crippen LogP contribution >= 0.6 is 0 Å². The zero-order valence-electron chi connectivity index (χ0n) is 12.1. The Labute approximate surface area is 122 Å². The molecule has 21 heavy (non-hydrogen) atoms. The van der Waals surface area contributed by atoms with E-state index in [-0.39, 0.29) is 29.9 Å². The first kappa shape index (κ1) is 16.4. The van der Waals surface area contributed by atoms with Crippen LogP contribution in [-0.2, 0) is 4.79 Å². The molecule has 0 aromatic carbocycles. The number of aromatic nitrogens is 1. The number of hydrogen-bond donors (Lipinski definition) is 3. The highest BCUT2D eigenvalue weighted by Gasteiger charge is 2.17. The third-order valence-corrected chi connectivity index (χ3v) is 2.43. The monoisotopic (exact) mass is 294 g/mol. The number of pyridine rings is 1. The van der Waals surface area contributed by atoms with Gasteiger partial charge in [0.05, 0.1) is 5.69 Å². The van der Waals surface area contributed by atoms with Gasteiger partial charge in [0.2, 0.25) is 5.91 Å². The first-order chi connectivity index (χ1) is 9.81. The number of urea groups is 1. The number of anilines is 1.